The zero-order valence-electron chi connectivity index (χ0n) is 10.1. The van der Waals surface area contributed by atoms with Gasteiger partial charge in [-0.2, -0.15) is 4.98 Å². The molecule has 1 aromatic heterocycles. The summed E-state index contributed by atoms with van der Waals surface area (Å²) < 4.78 is 18.4. The topological polar surface area (TPSA) is 64.9 Å². The zero-order valence-corrected chi connectivity index (χ0v) is 10.9. The summed E-state index contributed by atoms with van der Waals surface area (Å²) in [5.41, 5.74) is 6.64. The smallest absolute Gasteiger partial charge is 0.231 e. The summed E-state index contributed by atoms with van der Waals surface area (Å²) in [4.78, 5) is 4.34. The molecule has 1 heterocycles. The SMILES string of the molecule is NC1CCCC1c1nc(-c2ccc(F)c(Cl)c2)no1. The third-order valence-electron chi connectivity index (χ3n) is 3.51. The molecular weight excluding hydrogens is 269 g/mol. The van der Waals surface area contributed by atoms with Gasteiger partial charge in [0.15, 0.2) is 0 Å². The molecule has 3 rings (SSSR count). The largest absolute Gasteiger partial charge is 0.339 e. The molecule has 0 saturated heterocycles. The number of nitrogens with zero attached hydrogens (tertiary/aromatic N) is 2. The van der Waals surface area contributed by atoms with Gasteiger partial charge in [0.1, 0.15) is 5.82 Å². The van der Waals surface area contributed by atoms with Gasteiger partial charge in [-0.05, 0) is 31.0 Å². The van der Waals surface area contributed by atoms with Gasteiger partial charge in [-0.25, -0.2) is 4.39 Å². The van der Waals surface area contributed by atoms with Crippen LogP contribution < -0.4 is 5.73 Å². The Bertz CT molecular complexity index is 601. The quantitative estimate of drug-likeness (QED) is 0.918. The van der Waals surface area contributed by atoms with E-state index in [1.54, 1.807) is 6.07 Å². The summed E-state index contributed by atoms with van der Waals surface area (Å²) in [7, 11) is 0. The Morgan fingerprint density at radius 2 is 2.21 bits per heavy atom. The molecule has 0 radical (unpaired) electrons. The normalized spacial score (nSPS) is 22.9. The number of nitrogens with two attached hydrogens (primary N) is 1. The molecule has 6 heteroatoms. The Labute approximate surface area is 114 Å². The Balaban J connectivity index is 1.90. The number of hydrogen-bond donors (Lipinski definition) is 1. The van der Waals surface area contributed by atoms with E-state index in [-0.39, 0.29) is 17.0 Å². The molecule has 0 aliphatic heterocycles. The number of halogens is 2. The molecule has 0 amide bonds. The van der Waals surface area contributed by atoms with Crippen LogP contribution in [0, 0.1) is 5.82 Å². The highest BCUT2D eigenvalue weighted by Crippen LogP contribution is 2.33. The maximum absolute atomic E-state index is 13.1. The summed E-state index contributed by atoms with van der Waals surface area (Å²) in [6.45, 7) is 0. The summed E-state index contributed by atoms with van der Waals surface area (Å²) in [5.74, 6) is 0.626. The fourth-order valence-electron chi connectivity index (χ4n) is 2.43. The van der Waals surface area contributed by atoms with Gasteiger partial charge in [0, 0.05) is 11.6 Å². The van der Waals surface area contributed by atoms with Crippen LogP contribution in [0.1, 0.15) is 31.1 Å². The predicted octanol–water partition coefficient (Wildman–Crippen LogP) is 3.12. The van der Waals surface area contributed by atoms with Gasteiger partial charge in [-0.1, -0.05) is 23.2 Å². The van der Waals surface area contributed by atoms with Gasteiger partial charge in [-0.3, -0.25) is 0 Å². The summed E-state index contributed by atoms with van der Waals surface area (Å²) in [6.07, 6.45) is 3.02. The van der Waals surface area contributed by atoms with Gasteiger partial charge in [0.25, 0.3) is 0 Å². The number of hydrogen-bond acceptors (Lipinski definition) is 4. The minimum atomic E-state index is -0.466. The third-order valence-corrected chi connectivity index (χ3v) is 3.80. The van der Waals surface area contributed by atoms with Crippen molar-refractivity contribution in [3.63, 3.8) is 0 Å². The first-order chi connectivity index (χ1) is 9.15. The van der Waals surface area contributed by atoms with Crippen LogP contribution in [-0.4, -0.2) is 16.2 Å². The van der Waals surface area contributed by atoms with Crippen molar-refractivity contribution in [2.45, 2.75) is 31.2 Å². The summed E-state index contributed by atoms with van der Waals surface area (Å²) in [6, 6.07) is 4.42. The van der Waals surface area contributed by atoms with Crippen LogP contribution in [0.2, 0.25) is 5.02 Å². The van der Waals surface area contributed by atoms with Crippen LogP contribution in [0.5, 0.6) is 0 Å². The van der Waals surface area contributed by atoms with Crippen molar-refractivity contribution in [2.24, 2.45) is 5.73 Å². The van der Waals surface area contributed by atoms with E-state index in [1.165, 1.54) is 12.1 Å². The first-order valence-electron chi connectivity index (χ1n) is 6.20. The highest BCUT2D eigenvalue weighted by atomic mass is 35.5. The van der Waals surface area contributed by atoms with Gasteiger partial charge < -0.3 is 10.3 Å². The minimum Gasteiger partial charge on any atom is -0.339 e. The molecule has 100 valence electrons. The van der Waals surface area contributed by atoms with Crippen LogP contribution in [0.15, 0.2) is 22.7 Å². The summed E-state index contributed by atoms with van der Waals surface area (Å²) in [5, 5.41) is 3.96. The lowest BCUT2D eigenvalue weighted by Crippen LogP contribution is -2.22. The van der Waals surface area contributed by atoms with Crippen molar-refractivity contribution in [3.05, 3.63) is 34.9 Å². The average molecular weight is 282 g/mol. The lowest BCUT2D eigenvalue weighted by molar-refractivity contribution is 0.345. The molecule has 0 spiro atoms. The van der Waals surface area contributed by atoms with Crippen molar-refractivity contribution < 1.29 is 8.91 Å². The van der Waals surface area contributed by atoms with Gasteiger partial charge in [0.05, 0.1) is 10.9 Å². The van der Waals surface area contributed by atoms with Gasteiger partial charge in [0.2, 0.25) is 11.7 Å². The molecule has 19 heavy (non-hydrogen) atoms. The third kappa shape index (κ3) is 2.35. The predicted molar refractivity (Wildman–Crippen MR) is 69.3 cm³/mol. The van der Waals surface area contributed by atoms with Crippen LogP contribution in [0.3, 0.4) is 0 Å². The van der Waals surface area contributed by atoms with Crippen molar-refractivity contribution >= 4 is 11.6 Å². The van der Waals surface area contributed by atoms with Crippen molar-refractivity contribution in [3.8, 4) is 11.4 Å². The zero-order chi connectivity index (χ0) is 13.4. The molecule has 4 nitrogen and oxygen atoms in total. The Kier molecular flexibility index (Phi) is 3.24. The number of benzene rings is 1. The second-order valence-corrected chi connectivity index (χ2v) is 5.19. The molecular formula is C13H13ClFN3O. The standard InChI is InChI=1S/C13H13ClFN3O/c14-9-6-7(4-5-10(9)15)12-17-13(19-18-12)8-2-1-3-11(8)16/h4-6,8,11H,1-3,16H2. The highest BCUT2D eigenvalue weighted by molar-refractivity contribution is 6.31. The number of rotatable bonds is 2. The second-order valence-electron chi connectivity index (χ2n) is 4.79. The maximum atomic E-state index is 13.1. The lowest BCUT2D eigenvalue weighted by Gasteiger charge is -2.08. The minimum absolute atomic E-state index is 0.0430. The first kappa shape index (κ1) is 12.6. The maximum Gasteiger partial charge on any atom is 0.231 e. The molecule has 1 fully saturated rings. The second kappa shape index (κ2) is 4.90. The Morgan fingerprint density at radius 3 is 2.89 bits per heavy atom. The van der Waals surface area contributed by atoms with Crippen LogP contribution >= 0.6 is 11.6 Å². The van der Waals surface area contributed by atoms with E-state index in [9.17, 15) is 4.39 Å². The molecule has 2 atom stereocenters. The van der Waals surface area contributed by atoms with Crippen molar-refractivity contribution in [2.75, 3.05) is 0 Å². The molecule has 1 aliphatic rings. The van der Waals surface area contributed by atoms with Crippen molar-refractivity contribution in [1.29, 1.82) is 0 Å². The molecule has 0 bridgehead atoms. The Hall–Kier alpha value is -1.46. The van der Waals surface area contributed by atoms with E-state index >= 15 is 0 Å². The highest BCUT2D eigenvalue weighted by Gasteiger charge is 2.30. The fourth-order valence-corrected chi connectivity index (χ4v) is 2.61. The van der Waals surface area contributed by atoms with Crippen LogP contribution in [-0.2, 0) is 0 Å². The Morgan fingerprint density at radius 1 is 1.37 bits per heavy atom. The van der Waals surface area contributed by atoms with E-state index in [1.807, 2.05) is 0 Å². The van der Waals surface area contributed by atoms with Gasteiger partial charge in [-0.15, -0.1) is 0 Å². The van der Waals surface area contributed by atoms with E-state index in [0.29, 0.717) is 17.3 Å². The molecule has 1 saturated carbocycles. The molecule has 2 N–H and O–H groups in total. The van der Waals surface area contributed by atoms with E-state index in [2.05, 4.69) is 10.1 Å². The van der Waals surface area contributed by atoms with Gasteiger partial charge >= 0.3 is 0 Å². The number of aromatic nitrogens is 2. The molecule has 2 aromatic rings. The molecule has 1 aliphatic carbocycles. The summed E-state index contributed by atoms with van der Waals surface area (Å²) >= 11 is 5.74. The van der Waals surface area contributed by atoms with Crippen LogP contribution in [0.4, 0.5) is 4.39 Å². The van der Waals surface area contributed by atoms with E-state index in [0.717, 1.165) is 19.3 Å². The monoisotopic (exact) mass is 281 g/mol. The van der Waals surface area contributed by atoms with Crippen LogP contribution in [0.25, 0.3) is 11.4 Å². The average Bonchev–Trinajstić information content (AvgIpc) is 3.01. The van der Waals surface area contributed by atoms with E-state index in [4.69, 9.17) is 21.9 Å². The lowest BCUT2D eigenvalue weighted by atomic mass is 10.1. The molecule has 1 aromatic carbocycles. The fraction of sp³-hybridized carbons (Fsp3) is 0.385. The van der Waals surface area contributed by atoms with Crippen molar-refractivity contribution in [1.82, 2.24) is 10.1 Å². The van der Waals surface area contributed by atoms with E-state index < -0.39 is 5.82 Å². The molecule has 2 unspecified atom stereocenters. The first-order valence-corrected chi connectivity index (χ1v) is 6.57.